The van der Waals surface area contributed by atoms with E-state index in [0.29, 0.717) is 0 Å². The molecule has 0 saturated carbocycles. The Kier molecular flexibility index (Phi) is 3.21. The summed E-state index contributed by atoms with van der Waals surface area (Å²) >= 11 is 0. The molecule has 1 saturated heterocycles. The van der Waals surface area contributed by atoms with E-state index < -0.39 is 36.2 Å². The second-order valence-corrected chi connectivity index (χ2v) is 3.49. The molecule has 13 heavy (non-hydrogen) atoms. The van der Waals surface area contributed by atoms with Crippen molar-refractivity contribution < 1.29 is 30.0 Å². The number of hydrogen-bond acceptors (Lipinski definition) is 5. The molecule has 0 aromatic carbocycles. The number of carboxylic acid groups (broad SMARTS) is 1. The lowest BCUT2D eigenvalue weighted by Gasteiger charge is -2.37. The number of aliphatic carboxylic acids is 1. The minimum Gasteiger partial charge on any atom is -0.479 e. The van der Waals surface area contributed by atoms with Crippen LogP contribution in [0.25, 0.3) is 0 Å². The zero-order valence-corrected chi connectivity index (χ0v) is 7.72. The third-order valence-corrected chi connectivity index (χ3v) is 2.45. The fourth-order valence-corrected chi connectivity index (χ4v) is 1.51. The molecular formula is C6H11O6P. The molecule has 1 rings (SSSR count). The molecule has 0 aromatic heterocycles. The topological polar surface area (TPSA) is 107 Å². The van der Waals surface area contributed by atoms with Gasteiger partial charge >= 0.3 is 5.97 Å². The summed E-state index contributed by atoms with van der Waals surface area (Å²) in [5.74, 6) is -2.26. The lowest BCUT2D eigenvalue weighted by molar-refractivity contribution is -0.209. The number of hydrogen-bond donors (Lipinski definition) is 4. The molecule has 1 heterocycles. The molecule has 0 spiro atoms. The van der Waals surface area contributed by atoms with Crippen LogP contribution in [0.2, 0.25) is 0 Å². The summed E-state index contributed by atoms with van der Waals surface area (Å²) in [5, 5.41) is 36.1. The van der Waals surface area contributed by atoms with Gasteiger partial charge in [-0.1, -0.05) is 0 Å². The molecule has 4 N–H and O–H groups in total. The zero-order chi connectivity index (χ0) is 10.2. The molecule has 1 unspecified atom stereocenters. The molecule has 6 nitrogen and oxygen atoms in total. The number of aliphatic hydroxyl groups is 3. The highest BCUT2D eigenvalue weighted by molar-refractivity contribution is 7.17. The van der Waals surface area contributed by atoms with Gasteiger partial charge in [-0.25, -0.2) is 4.79 Å². The molecule has 7 heteroatoms. The van der Waals surface area contributed by atoms with Crippen molar-refractivity contribution in [2.24, 2.45) is 0 Å². The summed E-state index contributed by atoms with van der Waals surface area (Å²) < 4.78 is 4.75. The monoisotopic (exact) mass is 210 g/mol. The van der Waals surface area contributed by atoms with Crippen molar-refractivity contribution in [2.45, 2.75) is 30.3 Å². The van der Waals surface area contributed by atoms with Crippen LogP contribution in [0.1, 0.15) is 0 Å². The molecule has 6 atom stereocenters. The van der Waals surface area contributed by atoms with Crippen molar-refractivity contribution in [3.8, 4) is 0 Å². The van der Waals surface area contributed by atoms with Crippen LogP contribution in [-0.4, -0.2) is 56.7 Å². The summed E-state index contributed by atoms with van der Waals surface area (Å²) in [6, 6.07) is 0. The highest BCUT2D eigenvalue weighted by Gasteiger charge is 2.45. The van der Waals surface area contributed by atoms with Gasteiger partial charge in [0.2, 0.25) is 0 Å². The van der Waals surface area contributed by atoms with Gasteiger partial charge in [-0.15, -0.1) is 9.24 Å². The Bertz CT molecular complexity index is 209. The Hall–Kier alpha value is -0.260. The number of carboxylic acids is 1. The van der Waals surface area contributed by atoms with Crippen molar-refractivity contribution in [1.29, 1.82) is 0 Å². The van der Waals surface area contributed by atoms with Crippen molar-refractivity contribution in [3.05, 3.63) is 0 Å². The van der Waals surface area contributed by atoms with E-state index in [1.807, 2.05) is 9.24 Å². The standard InChI is InChI=1S/C6H11O6P/c7-1-2(8)4(5(10)11)12-6(13)3(1)9/h1-4,6-9H,13H2,(H,10,11)/t1-,2-,3+,4-,6-/m0/s1. The maximum atomic E-state index is 10.5. The summed E-state index contributed by atoms with van der Waals surface area (Å²) in [7, 11) is 2.05. The van der Waals surface area contributed by atoms with Gasteiger partial charge in [0, 0.05) is 0 Å². The highest BCUT2D eigenvalue weighted by Crippen LogP contribution is 2.24. The normalized spacial score (nSPS) is 46.0. The molecule has 0 amide bonds. The van der Waals surface area contributed by atoms with E-state index in [9.17, 15) is 15.0 Å². The first-order chi connectivity index (χ1) is 5.95. The summed E-state index contributed by atoms with van der Waals surface area (Å²) in [6.07, 6.45) is -5.90. The number of aliphatic hydroxyl groups excluding tert-OH is 3. The zero-order valence-electron chi connectivity index (χ0n) is 6.57. The van der Waals surface area contributed by atoms with E-state index in [1.54, 1.807) is 0 Å². The van der Waals surface area contributed by atoms with Crippen molar-refractivity contribution >= 4 is 15.2 Å². The molecule has 0 radical (unpaired) electrons. The first-order valence-electron chi connectivity index (χ1n) is 3.63. The quantitative estimate of drug-likeness (QED) is 0.364. The number of carbonyl (C=O) groups is 1. The molecule has 0 aromatic rings. The van der Waals surface area contributed by atoms with Gasteiger partial charge in [-0.2, -0.15) is 0 Å². The minimum absolute atomic E-state index is 0.889. The third-order valence-electron chi connectivity index (χ3n) is 1.89. The Balaban J connectivity index is 2.76. The van der Waals surface area contributed by atoms with E-state index >= 15 is 0 Å². The maximum Gasteiger partial charge on any atom is 0.335 e. The van der Waals surface area contributed by atoms with E-state index in [2.05, 4.69) is 0 Å². The summed E-state index contributed by atoms with van der Waals surface area (Å²) in [6.45, 7) is 0. The molecule has 0 bridgehead atoms. The van der Waals surface area contributed by atoms with Crippen LogP contribution in [-0.2, 0) is 9.53 Å². The number of ether oxygens (including phenoxy) is 1. The van der Waals surface area contributed by atoms with E-state index in [0.717, 1.165) is 0 Å². The van der Waals surface area contributed by atoms with Gasteiger partial charge < -0.3 is 25.2 Å². The van der Waals surface area contributed by atoms with Crippen LogP contribution >= 0.6 is 9.24 Å². The minimum atomic E-state index is -1.61. The van der Waals surface area contributed by atoms with Crippen molar-refractivity contribution in [3.63, 3.8) is 0 Å². The first-order valence-corrected chi connectivity index (χ1v) is 4.30. The van der Waals surface area contributed by atoms with Crippen LogP contribution in [0, 0.1) is 0 Å². The van der Waals surface area contributed by atoms with E-state index in [4.69, 9.17) is 14.9 Å². The van der Waals surface area contributed by atoms with Crippen molar-refractivity contribution in [1.82, 2.24) is 0 Å². The Morgan fingerprint density at radius 2 is 1.69 bits per heavy atom. The van der Waals surface area contributed by atoms with Gasteiger partial charge in [0.25, 0.3) is 0 Å². The Morgan fingerprint density at radius 1 is 1.15 bits per heavy atom. The summed E-state index contributed by atoms with van der Waals surface area (Å²) in [5.41, 5.74) is 0. The molecule has 76 valence electrons. The van der Waals surface area contributed by atoms with Crippen LogP contribution < -0.4 is 0 Å². The highest BCUT2D eigenvalue weighted by atomic mass is 31.0. The largest absolute Gasteiger partial charge is 0.479 e. The predicted octanol–water partition coefficient (Wildman–Crippen LogP) is -2.25. The fourth-order valence-electron chi connectivity index (χ4n) is 1.11. The predicted molar refractivity (Wildman–Crippen MR) is 44.0 cm³/mol. The molecule has 1 aliphatic rings. The second-order valence-electron chi connectivity index (χ2n) is 2.83. The smallest absolute Gasteiger partial charge is 0.335 e. The van der Waals surface area contributed by atoms with Gasteiger partial charge in [0.1, 0.15) is 24.2 Å². The molecule has 1 fully saturated rings. The fraction of sp³-hybridized carbons (Fsp3) is 0.833. The van der Waals surface area contributed by atoms with Crippen LogP contribution in [0.15, 0.2) is 0 Å². The van der Waals surface area contributed by atoms with Crippen LogP contribution in [0.4, 0.5) is 0 Å². The second kappa shape index (κ2) is 3.86. The molecular weight excluding hydrogens is 199 g/mol. The Morgan fingerprint density at radius 3 is 2.15 bits per heavy atom. The maximum absolute atomic E-state index is 10.5. The third kappa shape index (κ3) is 1.98. The molecule has 1 aliphatic heterocycles. The van der Waals surface area contributed by atoms with Gasteiger partial charge in [0.05, 0.1) is 0 Å². The van der Waals surface area contributed by atoms with Gasteiger partial charge in [0.15, 0.2) is 6.10 Å². The lowest BCUT2D eigenvalue weighted by Crippen LogP contribution is -2.58. The SMILES string of the molecule is O=C(O)[C@H]1O[C@@H](P)[C@H](O)[C@@H](O)[C@@H]1O. The van der Waals surface area contributed by atoms with E-state index in [-0.39, 0.29) is 0 Å². The van der Waals surface area contributed by atoms with E-state index in [1.165, 1.54) is 0 Å². The Labute approximate surface area is 76.3 Å². The number of rotatable bonds is 1. The van der Waals surface area contributed by atoms with Gasteiger partial charge in [-0.05, 0) is 0 Å². The van der Waals surface area contributed by atoms with Crippen LogP contribution in [0.5, 0.6) is 0 Å². The van der Waals surface area contributed by atoms with Crippen LogP contribution in [0.3, 0.4) is 0 Å². The van der Waals surface area contributed by atoms with Gasteiger partial charge in [-0.3, -0.25) is 0 Å². The average molecular weight is 210 g/mol. The summed E-state index contributed by atoms with van der Waals surface area (Å²) in [4.78, 5) is 10.5. The average Bonchev–Trinajstić information content (AvgIpc) is 2.07. The molecule has 0 aliphatic carbocycles. The van der Waals surface area contributed by atoms with Crippen molar-refractivity contribution in [2.75, 3.05) is 0 Å². The lowest BCUT2D eigenvalue weighted by atomic mass is 10.0. The first kappa shape index (κ1) is 10.8.